The van der Waals surface area contributed by atoms with Gasteiger partial charge in [-0.05, 0) is 43.4 Å². The van der Waals surface area contributed by atoms with Crippen molar-refractivity contribution in [2.45, 2.75) is 37.9 Å². The molecular formula is C19H20N4O2. The SMILES string of the molecule is Nc1nc(-c2ccc3c(c2)O[C@H]([C@@H]2CCCO2)CC3)nc2[nH]ccc12. The molecule has 3 N–H and O–H groups in total. The number of anilines is 1. The third kappa shape index (κ3) is 2.53. The standard InChI is InChI=1S/C19H20N4O2/c20-17-13-7-8-21-19(13)23-18(22-17)12-4-3-11-5-6-15(25-16(11)10-12)14-2-1-9-24-14/h3-4,7-8,10,14-15H,1-2,5-6,9H2,(H3,20,21,22,23)/t14-,15-/m0/s1. The first-order valence-corrected chi connectivity index (χ1v) is 8.80. The Balaban J connectivity index is 1.49. The van der Waals surface area contributed by atoms with Gasteiger partial charge in [0, 0.05) is 18.4 Å². The van der Waals surface area contributed by atoms with E-state index in [2.05, 4.69) is 21.0 Å². The number of nitrogens with zero attached hydrogens (tertiary/aromatic N) is 2. The largest absolute Gasteiger partial charge is 0.487 e. The Labute approximate surface area is 145 Å². The number of aromatic amines is 1. The Morgan fingerprint density at radius 1 is 1.12 bits per heavy atom. The molecule has 0 radical (unpaired) electrons. The molecule has 2 aliphatic heterocycles. The molecule has 128 valence electrons. The van der Waals surface area contributed by atoms with Gasteiger partial charge >= 0.3 is 0 Å². The van der Waals surface area contributed by atoms with Gasteiger partial charge in [0.1, 0.15) is 23.3 Å². The van der Waals surface area contributed by atoms with Gasteiger partial charge in [-0.1, -0.05) is 12.1 Å². The van der Waals surface area contributed by atoms with Crippen LogP contribution in [0.1, 0.15) is 24.8 Å². The van der Waals surface area contributed by atoms with E-state index in [4.69, 9.17) is 15.2 Å². The van der Waals surface area contributed by atoms with Crippen molar-refractivity contribution >= 4 is 16.9 Å². The van der Waals surface area contributed by atoms with Crippen molar-refractivity contribution in [2.24, 2.45) is 0 Å². The number of aromatic nitrogens is 3. The van der Waals surface area contributed by atoms with Crippen LogP contribution in [0.3, 0.4) is 0 Å². The molecule has 1 saturated heterocycles. The smallest absolute Gasteiger partial charge is 0.164 e. The summed E-state index contributed by atoms with van der Waals surface area (Å²) in [6.45, 7) is 0.848. The van der Waals surface area contributed by atoms with Crippen LogP contribution >= 0.6 is 0 Å². The zero-order chi connectivity index (χ0) is 16.8. The molecule has 0 bridgehead atoms. The summed E-state index contributed by atoms with van der Waals surface area (Å²) in [5.41, 5.74) is 8.95. The van der Waals surface area contributed by atoms with Gasteiger partial charge in [0.15, 0.2) is 5.82 Å². The number of nitrogen functional groups attached to an aromatic ring is 1. The molecule has 6 nitrogen and oxygen atoms in total. The Hall–Kier alpha value is -2.60. The molecule has 2 aliphatic rings. The highest BCUT2D eigenvalue weighted by atomic mass is 16.5. The molecular weight excluding hydrogens is 316 g/mol. The predicted octanol–water partition coefficient (Wildman–Crippen LogP) is 3.08. The van der Waals surface area contributed by atoms with Gasteiger partial charge < -0.3 is 20.2 Å². The van der Waals surface area contributed by atoms with Gasteiger partial charge in [-0.3, -0.25) is 0 Å². The monoisotopic (exact) mass is 336 g/mol. The van der Waals surface area contributed by atoms with Crippen molar-refractivity contribution in [1.29, 1.82) is 0 Å². The molecule has 2 atom stereocenters. The van der Waals surface area contributed by atoms with Crippen LogP contribution < -0.4 is 10.5 Å². The summed E-state index contributed by atoms with van der Waals surface area (Å²) < 4.78 is 12.1. The van der Waals surface area contributed by atoms with Gasteiger partial charge in [-0.2, -0.15) is 0 Å². The van der Waals surface area contributed by atoms with Gasteiger partial charge in [0.25, 0.3) is 0 Å². The van der Waals surface area contributed by atoms with E-state index in [1.54, 1.807) is 0 Å². The van der Waals surface area contributed by atoms with E-state index >= 15 is 0 Å². The lowest BCUT2D eigenvalue weighted by molar-refractivity contribution is 0.00283. The second kappa shape index (κ2) is 5.74. The lowest BCUT2D eigenvalue weighted by Gasteiger charge is -2.30. The number of rotatable bonds is 2. The molecule has 5 rings (SSSR count). The maximum Gasteiger partial charge on any atom is 0.164 e. The summed E-state index contributed by atoms with van der Waals surface area (Å²) in [7, 11) is 0. The van der Waals surface area contributed by atoms with Crippen molar-refractivity contribution in [3.63, 3.8) is 0 Å². The van der Waals surface area contributed by atoms with E-state index in [0.717, 1.165) is 54.6 Å². The number of aryl methyl sites for hydroxylation is 1. The number of nitrogens with two attached hydrogens (primary N) is 1. The summed E-state index contributed by atoms with van der Waals surface area (Å²) in [5.74, 6) is 2.01. The minimum absolute atomic E-state index is 0.141. The highest BCUT2D eigenvalue weighted by molar-refractivity contribution is 5.87. The van der Waals surface area contributed by atoms with E-state index in [9.17, 15) is 0 Å². The highest BCUT2D eigenvalue weighted by Crippen LogP contribution is 2.35. The normalized spacial score (nSPS) is 22.7. The Morgan fingerprint density at radius 3 is 2.96 bits per heavy atom. The number of nitrogens with one attached hydrogen (secondary N) is 1. The number of hydrogen-bond acceptors (Lipinski definition) is 5. The van der Waals surface area contributed by atoms with Crippen LogP contribution in [0.2, 0.25) is 0 Å². The first kappa shape index (κ1) is 14.7. The molecule has 0 spiro atoms. The summed E-state index contributed by atoms with van der Waals surface area (Å²) in [4.78, 5) is 12.1. The molecule has 0 unspecified atom stereocenters. The lowest BCUT2D eigenvalue weighted by atomic mass is 9.96. The minimum atomic E-state index is 0.141. The lowest BCUT2D eigenvalue weighted by Crippen LogP contribution is -2.34. The van der Waals surface area contributed by atoms with E-state index in [0.29, 0.717) is 11.6 Å². The Kier molecular flexibility index (Phi) is 3.38. The van der Waals surface area contributed by atoms with Crippen molar-refractivity contribution in [2.75, 3.05) is 12.3 Å². The van der Waals surface area contributed by atoms with Crippen molar-refractivity contribution in [3.8, 4) is 17.1 Å². The van der Waals surface area contributed by atoms with Crippen LogP contribution in [0.25, 0.3) is 22.4 Å². The zero-order valence-electron chi connectivity index (χ0n) is 13.9. The summed E-state index contributed by atoms with van der Waals surface area (Å²) >= 11 is 0. The van der Waals surface area contributed by atoms with Crippen molar-refractivity contribution < 1.29 is 9.47 Å². The number of benzene rings is 1. The molecule has 25 heavy (non-hydrogen) atoms. The second-order valence-electron chi connectivity index (χ2n) is 6.74. The van der Waals surface area contributed by atoms with Gasteiger partial charge in [-0.25, -0.2) is 9.97 Å². The molecule has 2 aromatic heterocycles. The topological polar surface area (TPSA) is 86.1 Å². The average Bonchev–Trinajstić information content (AvgIpc) is 3.32. The van der Waals surface area contributed by atoms with Crippen LogP contribution in [0.15, 0.2) is 30.5 Å². The summed E-state index contributed by atoms with van der Waals surface area (Å²) in [6.07, 6.45) is 6.42. The Bertz CT molecular complexity index is 930. The maximum atomic E-state index is 6.26. The summed E-state index contributed by atoms with van der Waals surface area (Å²) in [5, 5.41) is 0.844. The quantitative estimate of drug-likeness (QED) is 0.751. The number of fused-ring (bicyclic) bond motifs is 2. The second-order valence-corrected chi connectivity index (χ2v) is 6.74. The summed E-state index contributed by atoms with van der Waals surface area (Å²) in [6, 6.07) is 8.06. The van der Waals surface area contributed by atoms with Crippen molar-refractivity contribution in [1.82, 2.24) is 15.0 Å². The third-order valence-corrected chi connectivity index (χ3v) is 5.13. The molecule has 4 heterocycles. The number of ether oxygens (including phenoxy) is 2. The van der Waals surface area contributed by atoms with Crippen LogP contribution in [-0.4, -0.2) is 33.8 Å². The van der Waals surface area contributed by atoms with Crippen LogP contribution in [0, 0.1) is 0 Å². The van der Waals surface area contributed by atoms with Gasteiger partial charge in [0.05, 0.1) is 11.5 Å². The van der Waals surface area contributed by atoms with E-state index in [1.807, 2.05) is 24.4 Å². The fraction of sp³-hybridized carbons (Fsp3) is 0.368. The van der Waals surface area contributed by atoms with Crippen LogP contribution in [0.5, 0.6) is 5.75 Å². The van der Waals surface area contributed by atoms with Crippen LogP contribution in [-0.2, 0) is 11.2 Å². The maximum absolute atomic E-state index is 6.26. The molecule has 6 heteroatoms. The fourth-order valence-electron chi connectivity index (χ4n) is 3.78. The fourth-order valence-corrected chi connectivity index (χ4v) is 3.78. The molecule has 1 fully saturated rings. The molecule has 3 aromatic rings. The van der Waals surface area contributed by atoms with Crippen LogP contribution in [0.4, 0.5) is 5.82 Å². The number of hydrogen-bond donors (Lipinski definition) is 2. The highest BCUT2D eigenvalue weighted by Gasteiger charge is 2.31. The number of H-pyrrole nitrogens is 1. The third-order valence-electron chi connectivity index (χ3n) is 5.13. The molecule has 0 saturated carbocycles. The average molecular weight is 336 g/mol. The molecule has 0 aliphatic carbocycles. The Morgan fingerprint density at radius 2 is 2.08 bits per heavy atom. The molecule has 1 aromatic carbocycles. The van der Waals surface area contributed by atoms with Gasteiger partial charge in [0.2, 0.25) is 0 Å². The first-order valence-electron chi connectivity index (χ1n) is 8.80. The minimum Gasteiger partial charge on any atom is -0.487 e. The predicted molar refractivity (Wildman–Crippen MR) is 95.4 cm³/mol. The van der Waals surface area contributed by atoms with E-state index in [-0.39, 0.29) is 12.2 Å². The molecule has 0 amide bonds. The van der Waals surface area contributed by atoms with Crippen molar-refractivity contribution in [3.05, 3.63) is 36.0 Å². The first-order chi connectivity index (χ1) is 12.3. The van der Waals surface area contributed by atoms with E-state index in [1.165, 1.54) is 5.56 Å². The van der Waals surface area contributed by atoms with Gasteiger partial charge in [-0.15, -0.1) is 0 Å². The zero-order valence-corrected chi connectivity index (χ0v) is 13.9. The van der Waals surface area contributed by atoms with E-state index < -0.39 is 0 Å².